The minimum atomic E-state index is 0.821. The van der Waals surface area contributed by atoms with Crippen molar-refractivity contribution in [1.29, 1.82) is 0 Å². The van der Waals surface area contributed by atoms with Gasteiger partial charge in [-0.25, -0.2) is 4.68 Å². The van der Waals surface area contributed by atoms with Gasteiger partial charge < -0.3 is 15.0 Å². The van der Waals surface area contributed by atoms with E-state index < -0.39 is 0 Å². The van der Waals surface area contributed by atoms with E-state index in [0.29, 0.717) is 0 Å². The summed E-state index contributed by atoms with van der Waals surface area (Å²) in [5, 5.41) is 8.07. The minimum absolute atomic E-state index is 0.821. The van der Waals surface area contributed by atoms with E-state index in [1.807, 2.05) is 11.7 Å². The first-order valence-corrected chi connectivity index (χ1v) is 8.09. The predicted molar refractivity (Wildman–Crippen MR) is 83.5 cm³/mol. The van der Waals surface area contributed by atoms with Gasteiger partial charge in [0.15, 0.2) is 0 Å². The van der Waals surface area contributed by atoms with Gasteiger partial charge in [-0.1, -0.05) is 0 Å². The van der Waals surface area contributed by atoms with Gasteiger partial charge in [-0.05, 0) is 52.1 Å². The fourth-order valence-electron chi connectivity index (χ4n) is 4.23. The van der Waals surface area contributed by atoms with Crippen LogP contribution in [0.1, 0.15) is 36.9 Å². The number of piperidine rings is 1. The van der Waals surface area contributed by atoms with Gasteiger partial charge in [-0.2, -0.15) is 5.10 Å². The summed E-state index contributed by atoms with van der Waals surface area (Å²) in [6, 6.07) is 1.65. The molecule has 2 fully saturated rings. The normalized spacial score (nSPS) is 29.0. The zero-order valence-corrected chi connectivity index (χ0v) is 13.7. The predicted octanol–water partition coefficient (Wildman–Crippen LogP) is 1.70. The van der Waals surface area contributed by atoms with Gasteiger partial charge in [-0.15, -0.1) is 0 Å². The smallest absolute Gasteiger partial charge is 0.216 e. The molecule has 0 aromatic carbocycles. The van der Waals surface area contributed by atoms with E-state index in [4.69, 9.17) is 4.74 Å². The molecule has 2 saturated heterocycles. The Labute approximate surface area is 127 Å². The van der Waals surface area contributed by atoms with Crippen LogP contribution < -0.4 is 10.1 Å². The second-order valence-corrected chi connectivity index (χ2v) is 6.72. The number of hydrogen-bond acceptors (Lipinski definition) is 4. The Bertz CT molecular complexity index is 485. The number of ether oxygens (including phenoxy) is 1. The molecule has 2 aliphatic heterocycles. The van der Waals surface area contributed by atoms with Crippen molar-refractivity contribution in [2.24, 2.45) is 13.0 Å². The van der Waals surface area contributed by atoms with Crippen LogP contribution in [0.3, 0.4) is 0 Å². The summed E-state index contributed by atoms with van der Waals surface area (Å²) >= 11 is 0. The molecule has 5 nitrogen and oxygen atoms in total. The van der Waals surface area contributed by atoms with Crippen LogP contribution in [-0.4, -0.2) is 47.5 Å². The number of aromatic nitrogens is 2. The van der Waals surface area contributed by atoms with E-state index >= 15 is 0 Å². The maximum absolute atomic E-state index is 5.45. The van der Waals surface area contributed by atoms with Crippen LogP contribution in [0, 0.1) is 12.8 Å². The Kier molecular flexibility index (Phi) is 4.22. The molecular formula is C16H28N4O. The average Bonchev–Trinajstić information content (AvgIpc) is 2.83. The Balaban J connectivity index is 1.53. The molecule has 21 heavy (non-hydrogen) atoms. The van der Waals surface area contributed by atoms with E-state index in [0.717, 1.165) is 42.7 Å². The molecule has 0 spiro atoms. The lowest BCUT2D eigenvalue weighted by Crippen LogP contribution is -2.42. The fourth-order valence-corrected chi connectivity index (χ4v) is 4.23. The molecule has 0 amide bonds. The summed E-state index contributed by atoms with van der Waals surface area (Å²) < 4.78 is 7.27. The number of hydrogen-bond donors (Lipinski definition) is 1. The molecule has 2 bridgehead atoms. The fraction of sp³-hybridized carbons (Fsp3) is 0.812. The second kappa shape index (κ2) is 5.97. The molecule has 5 heteroatoms. The summed E-state index contributed by atoms with van der Waals surface area (Å²) in [4.78, 5) is 2.60. The van der Waals surface area contributed by atoms with Crippen molar-refractivity contribution in [3.63, 3.8) is 0 Å². The maximum atomic E-state index is 5.45. The van der Waals surface area contributed by atoms with Crippen LogP contribution in [-0.2, 0) is 13.6 Å². The molecule has 0 aliphatic carbocycles. The van der Waals surface area contributed by atoms with Gasteiger partial charge in [-0.3, -0.25) is 0 Å². The molecule has 3 heterocycles. The number of aryl methyl sites for hydroxylation is 2. The van der Waals surface area contributed by atoms with Crippen LogP contribution in [0.25, 0.3) is 0 Å². The molecule has 1 aromatic rings. The Morgan fingerprint density at radius 1 is 1.24 bits per heavy atom. The van der Waals surface area contributed by atoms with Crippen LogP contribution >= 0.6 is 0 Å². The van der Waals surface area contributed by atoms with Crippen LogP contribution in [0.4, 0.5) is 0 Å². The summed E-state index contributed by atoms with van der Waals surface area (Å²) in [5.41, 5.74) is 2.25. The summed E-state index contributed by atoms with van der Waals surface area (Å²) in [5.74, 6) is 1.70. The van der Waals surface area contributed by atoms with Gasteiger partial charge in [0.05, 0.1) is 18.4 Å². The first kappa shape index (κ1) is 14.9. The van der Waals surface area contributed by atoms with Crippen LogP contribution in [0.2, 0.25) is 0 Å². The third kappa shape index (κ3) is 2.81. The van der Waals surface area contributed by atoms with Gasteiger partial charge >= 0.3 is 0 Å². The first-order valence-electron chi connectivity index (χ1n) is 8.09. The maximum Gasteiger partial charge on any atom is 0.216 e. The van der Waals surface area contributed by atoms with E-state index in [1.165, 1.54) is 31.2 Å². The molecular weight excluding hydrogens is 264 g/mol. The SMILES string of the molecule is COc1c(CNCC2CC3CCC(C2)N3C)c(C)nn1C. The molecule has 0 saturated carbocycles. The van der Waals surface area contributed by atoms with E-state index in [2.05, 4.69) is 29.3 Å². The number of rotatable bonds is 5. The molecule has 0 radical (unpaired) electrons. The van der Waals surface area contributed by atoms with Crippen molar-refractivity contribution >= 4 is 0 Å². The Morgan fingerprint density at radius 2 is 1.90 bits per heavy atom. The van der Waals surface area contributed by atoms with Crippen molar-refractivity contribution < 1.29 is 4.74 Å². The highest BCUT2D eigenvalue weighted by Crippen LogP contribution is 2.37. The largest absolute Gasteiger partial charge is 0.481 e. The van der Waals surface area contributed by atoms with Gasteiger partial charge in [0, 0.05) is 25.7 Å². The first-order chi connectivity index (χ1) is 10.1. The zero-order valence-electron chi connectivity index (χ0n) is 13.7. The second-order valence-electron chi connectivity index (χ2n) is 6.72. The lowest BCUT2D eigenvalue weighted by Gasteiger charge is -2.36. The Hall–Kier alpha value is -1.07. The highest BCUT2D eigenvalue weighted by molar-refractivity contribution is 5.30. The van der Waals surface area contributed by atoms with Gasteiger partial charge in [0.25, 0.3) is 0 Å². The van der Waals surface area contributed by atoms with E-state index in [1.54, 1.807) is 7.11 Å². The quantitative estimate of drug-likeness (QED) is 0.897. The van der Waals surface area contributed by atoms with E-state index in [-0.39, 0.29) is 0 Å². The summed E-state index contributed by atoms with van der Waals surface area (Å²) in [7, 11) is 5.95. The van der Waals surface area contributed by atoms with Gasteiger partial charge in [0.1, 0.15) is 0 Å². The standard InChI is InChI=1S/C16H28N4O/c1-11-15(16(21-4)20(3)18-11)10-17-9-12-7-13-5-6-14(8-12)19(13)2/h12-14,17H,5-10H2,1-4H3. The Morgan fingerprint density at radius 3 is 2.52 bits per heavy atom. The number of methoxy groups -OCH3 is 1. The number of nitrogens with zero attached hydrogens (tertiary/aromatic N) is 3. The van der Waals surface area contributed by atoms with Crippen LogP contribution in [0.15, 0.2) is 0 Å². The van der Waals surface area contributed by atoms with Crippen molar-refractivity contribution in [3.8, 4) is 5.88 Å². The highest BCUT2D eigenvalue weighted by atomic mass is 16.5. The van der Waals surface area contributed by atoms with Crippen molar-refractivity contribution in [1.82, 2.24) is 20.0 Å². The lowest BCUT2D eigenvalue weighted by molar-refractivity contribution is 0.133. The zero-order chi connectivity index (χ0) is 15.0. The molecule has 2 atom stereocenters. The minimum Gasteiger partial charge on any atom is -0.481 e. The van der Waals surface area contributed by atoms with E-state index in [9.17, 15) is 0 Å². The molecule has 1 N–H and O–H groups in total. The van der Waals surface area contributed by atoms with Crippen molar-refractivity contribution in [2.45, 2.75) is 51.2 Å². The average molecular weight is 292 g/mol. The highest BCUT2D eigenvalue weighted by Gasteiger charge is 2.37. The van der Waals surface area contributed by atoms with Crippen LogP contribution in [0.5, 0.6) is 5.88 Å². The summed E-state index contributed by atoms with van der Waals surface area (Å²) in [6.45, 7) is 4.01. The molecule has 2 unspecified atom stereocenters. The third-order valence-corrected chi connectivity index (χ3v) is 5.41. The molecule has 118 valence electrons. The van der Waals surface area contributed by atoms with Gasteiger partial charge in [0.2, 0.25) is 5.88 Å². The molecule has 2 aliphatic rings. The number of nitrogens with one attached hydrogen (secondary N) is 1. The third-order valence-electron chi connectivity index (χ3n) is 5.41. The van der Waals surface area contributed by atoms with Crippen molar-refractivity contribution in [3.05, 3.63) is 11.3 Å². The number of fused-ring (bicyclic) bond motifs is 2. The van der Waals surface area contributed by atoms with Crippen molar-refractivity contribution in [2.75, 3.05) is 20.7 Å². The molecule has 1 aromatic heterocycles. The monoisotopic (exact) mass is 292 g/mol. The molecule has 3 rings (SSSR count). The summed E-state index contributed by atoms with van der Waals surface area (Å²) in [6.07, 6.45) is 5.49. The lowest BCUT2D eigenvalue weighted by atomic mass is 9.91. The topological polar surface area (TPSA) is 42.3 Å².